The standard InChI is InChI=1S/C22H17BrN4S/c23-19-8-10-20(11-9-19)27-21(18-12-14-24-15-13-18)25-26-22(27)28-16-4-7-17-5-2-1-3-6-17/h1-15H,16H2/b7-4+. The van der Waals surface area contributed by atoms with E-state index in [0.29, 0.717) is 0 Å². The zero-order chi connectivity index (χ0) is 19.2. The smallest absolute Gasteiger partial charge is 0.196 e. The first-order chi connectivity index (χ1) is 13.8. The molecule has 138 valence electrons. The average Bonchev–Trinajstić information content (AvgIpc) is 3.17. The van der Waals surface area contributed by atoms with Crippen LogP contribution in [0.15, 0.2) is 94.8 Å². The second-order valence-corrected chi connectivity index (χ2v) is 7.88. The summed E-state index contributed by atoms with van der Waals surface area (Å²) in [5.74, 6) is 1.61. The van der Waals surface area contributed by atoms with Crippen molar-refractivity contribution < 1.29 is 0 Å². The number of aromatic nitrogens is 4. The summed E-state index contributed by atoms with van der Waals surface area (Å²) in [5.41, 5.74) is 3.20. The molecule has 0 saturated carbocycles. The Hall–Kier alpha value is -2.70. The van der Waals surface area contributed by atoms with Gasteiger partial charge in [-0.25, -0.2) is 0 Å². The van der Waals surface area contributed by atoms with Gasteiger partial charge in [0.25, 0.3) is 0 Å². The van der Waals surface area contributed by atoms with E-state index in [1.54, 1.807) is 24.2 Å². The molecule has 0 spiro atoms. The van der Waals surface area contributed by atoms with Crippen LogP contribution in [0.3, 0.4) is 0 Å². The van der Waals surface area contributed by atoms with E-state index in [4.69, 9.17) is 0 Å². The second-order valence-electron chi connectivity index (χ2n) is 5.98. The minimum absolute atomic E-state index is 0.805. The van der Waals surface area contributed by atoms with Crippen molar-refractivity contribution >= 4 is 33.8 Å². The number of hydrogen-bond donors (Lipinski definition) is 0. The molecule has 0 bridgehead atoms. The first-order valence-electron chi connectivity index (χ1n) is 8.77. The van der Waals surface area contributed by atoms with Gasteiger partial charge in [0.15, 0.2) is 11.0 Å². The molecule has 6 heteroatoms. The normalized spacial score (nSPS) is 11.2. The first kappa shape index (κ1) is 18.7. The molecular formula is C22H17BrN4S. The van der Waals surface area contributed by atoms with E-state index in [2.05, 4.69) is 72.1 Å². The quantitative estimate of drug-likeness (QED) is 0.344. The number of thioether (sulfide) groups is 1. The molecule has 0 aliphatic rings. The summed E-state index contributed by atoms with van der Waals surface area (Å²) in [4.78, 5) is 4.10. The molecule has 0 N–H and O–H groups in total. The lowest BCUT2D eigenvalue weighted by molar-refractivity contribution is 0.887. The number of nitrogens with zero attached hydrogens (tertiary/aromatic N) is 4. The van der Waals surface area contributed by atoms with E-state index >= 15 is 0 Å². The lowest BCUT2D eigenvalue weighted by atomic mass is 10.2. The minimum Gasteiger partial charge on any atom is -0.270 e. The topological polar surface area (TPSA) is 43.6 Å². The van der Waals surface area contributed by atoms with Crippen molar-refractivity contribution in [3.05, 3.63) is 95.2 Å². The Morgan fingerprint density at radius 1 is 0.893 bits per heavy atom. The zero-order valence-electron chi connectivity index (χ0n) is 14.9. The monoisotopic (exact) mass is 448 g/mol. The molecule has 0 aliphatic carbocycles. The summed E-state index contributed by atoms with van der Waals surface area (Å²) >= 11 is 5.16. The lowest BCUT2D eigenvalue weighted by Crippen LogP contribution is -1.99. The molecule has 0 amide bonds. The van der Waals surface area contributed by atoms with Crippen LogP contribution in [-0.4, -0.2) is 25.5 Å². The van der Waals surface area contributed by atoms with Crippen LogP contribution in [0.25, 0.3) is 23.2 Å². The second kappa shape index (κ2) is 8.99. The molecule has 4 aromatic rings. The van der Waals surface area contributed by atoms with Gasteiger partial charge in [-0.05, 0) is 42.0 Å². The first-order valence-corrected chi connectivity index (χ1v) is 10.6. The largest absolute Gasteiger partial charge is 0.270 e. The maximum atomic E-state index is 4.45. The predicted octanol–water partition coefficient (Wildman–Crippen LogP) is 5.90. The van der Waals surface area contributed by atoms with Gasteiger partial charge in [-0.15, -0.1) is 10.2 Å². The van der Waals surface area contributed by atoms with Crippen LogP contribution in [0.2, 0.25) is 0 Å². The highest BCUT2D eigenvalue weighted by atomic mass is 79.9. The molecule has 2 aromatic heterocycles. The van der Waals surface area contributed by atoms with Crippen molar-refractivity contribution in [1.82, 2.24) is 19.7 Å². The van der Waals surface area contributed by atoms with Crippen LogP contribution in [0, 0.1) is 0 Å². The van der Waals surface area contributed by atoms with Crippen LogP contribution >= 0.6 is 27.7 Å². The highest BCUT2D eigenvalue weighted by Gasteiger charge is 2.15. The summed E-state index contributed by atoms with van der Waals surface area (Å²) in [6.45, 7) is 0. The molecular weight excluding hydrogens is 432 g/mol. The third-order valence-corrected chi connectivity index (χ3v) is 5.49. The molecule has 0 radical (unpaired) electrons. The summed E-state index contributed by atoms with van der Waals surface area (Å²) in [7, 11) is 0. The van der Waals surface area contributed by atoms with Gasteiger partial charge in [-0.1, -0.05) is 70.2 Å². The SMILES string of the molecule is Brc1ccc(-n2c(SC/C=C/c3ccccc3)nnc2-c2ccncc2)cc1. The van der Waals surface area contributed by atoms with Gasteiger partial charge < -0.3 is 0 Å². The van der Waals surface area contributed by atoms with E-state index in [9.17, 15) is 0 Å². The molecule has 2 aromatic carbocycles. The molecule has 28 heavy (non-hydrogen) atoms. The van der Waals surface area contributed by atoms with Crippen LogP contribution in [0.1, 0.15) is 5.56 Å². The van der Waals surface area contributed by atoms with Crippen LogP contribution in [0.4, 0.5) is 0 Å². The Morgan fingerprint density at radius 2 is 1.64 bits per heavy atom. The third-order valence-electron chi connectivity index (χ3n) is 4.08. The van der Waals surface area contributed by atoms with E-state index in [0.717, 1.165) is 32.5 Å². The van der Waals surface area contributed by atoms with Crippen molar-refractivity contribution in [2.75, 3.05) is 5.75 Å². The molecule has 4 rings (SSSR count). The van der Waals surface area contributed by atoms with Crippen LogP contribution < -0.4 is 0 Å². The number of pyridine rings is 1. The number of hydrogen-bond acceptors (Lipinski definition) is 4. The Bertz CT molecular complexity index is 1060. The number of rotatable bonds is 6. The Kier molecular flexibility index (Phi) is 5.99. The van der Waals surface area contributed by atoms with Gasteiger partial charge in [0.1, 0.15) is 0 Å². The van der Waals surface area contributed by atoms with Crippen molar-refractivity contribution in [2.24, 2.45) is 0 Å². The molecule has 0 atom stereocenters. The van der Waals surface area contributed by atoms with Crippen molar-refractivity contribution in [1.29, 1.82) is 0 Å². The summed E-state index contributed by atoms with van der Waals surface area (Å²) < 4.78 is 3.12. The fourth-order valence-electron chi connectivity index (χ4n) is 2.75. The van der Waals surface area contributed by atoms with Gasteiger partial charge in [-0.2, -0.15) is 0 Å². The van der Waals surface area contributed by atoms with Crippen molar-refractivity contribution in [3.8, 4) is 17.1 Å². The van der Waals surface area contributed by atoms with Crippen LogP contribution in [-0.2, 0) is 0 Å². The molecule has 0 unspecified atom stereocenters. The Balaban J connectivity index is 1.62. The van der Waals surface area contributed by atoms with E-state index in [-0.39, 0.29) is 0 Å². The van der Waals surface area contributed by atoms with Gasteiger partial charge >= 0.3 is 0 Å². The highest BCUT2D eigenvalue weighted by molar-refractivity contribution is 9.10. The molecule has 0 aliphatic heterocycles. The fourth-order valence-corrected chi connectivity index (χ4v) is 3.77. The van der Waals surface area contributed by atoms with Crippen LogP contribution in [0.5, 0.6) is 0 Å². The van der Waals surface area contributed by atoms with Gasteiger partial charge in [-0.3, -0.25) is 9.55 Å². The van der Waals surface area contributed by atoms with E-state index in [1.165, 1.54) is 5.56 Å². The molecule has 2 heterocycles. The summed E-state index contributed by atoms with van der Waals surface area (Å²) in [6, 6.07) is 22.3. The van der Waals surface area contributed by atoms with Gasteiger partial charge in [0.05, 0.1) is 0 Å². The summed E-state index contributed by atoms with van der Waals surface area (Å²) in [5, 5.41) is 9.75. The molecule has 0 fully saturated rings. The van der Waals surface area contributed by atoms with E-state index < -0.39 is 0 Å². The predicted molar refractivity (Wildman–Crippen MR) is 118 cm³/mol. The highest BCUT2D eigenvalue weighted by Crippen LogP contribution is 2.28. The van der Waals surface area contributed by atoms with Crippen molar-refractivity contribution in [3.63, 3.8) is 0 Å². The van der Waals surface area contributed by atoms with Gasteiger partial charge in [0.2, 0.25) is 0 Å². The summed E-state index contributed by atoms with van der Waals surface area (Å²) in [6.07, 6.45) is 7.81. The third kappa shape index (κ3) is 4.40. The van der Waals surface area contributed by atoms with Crippen molar-refractivity contribution in [2.45, 2.75) is 5.16 Å². The molecule has 4 nitrogen and oxygen atoms in total. The number of benzene rings is 2. The fraction of sp³-hybridized carbons (Fsp3) is 0.0455. The Labute approximate surface area is 176 Å². The van der Waals surface area contributed by atoms with E-state index in [1.807, 2.05) is 42.5 Å². The maximum Gasteiger partial charge on any atom is 0.196 e. The average molecular weight is 449 g/mol. The minimum atomic E-state index is 0.805. The molecule has 0 saturated heterocycles. The Morgan fingerprint density at radius 3 is 2.39 bits per heavy atom. The van der Waals surface area contributed by atoms with Gasteiger partial charge in [0, 0.05) is 33.9 Å². The lowest BCUT2D eigenvalue weighted by Gasteiger charge is -2.10. The number of halogens is 1. The zero-order valence-corrected chi connectivity index (χ0v) is 17.3. The maximum absolute atomic E-state index is 4.45.